The van der Waals surface area contributed by atoms with E-state index in [-0.39, 0.29) is 22.7 Å². The molecule has 0 radical (unpaired) electrons. The van der Waals surface area contributed by atoms with Crippen LogP contribution in [0.15, 0.2) is 48.5 Å². The first-order chi connectivity index (χ1) is 13.6. The number of nitrogens with one attached hydrogen (secondary N) is 1. The molecule has 0 aliphatic rings. The Kier molecular flexibility index (Phi) is 6.85. The summed E-state index contributed by atoms with van der Waals surface area (Å²) in [7, 11) is 0. The maximum absolute atomic E-state index is 13.0. The second-order valence-electron chi connectivity index (χ2n) is 6.05. The van der Waals surface area contributed by atoms with Gasteiger partial charge in [-0.25, -0.2) is 4.79 Å². The molecule has 2 rings (SSSR count). The van der Waals surface area contributed by atoms with Gasteiger partial charge in [-0.15, -0.1) is 0 Å². The quantitative estimate of drug-likeness (QED) is 0.414. The Hall–Kier alpha value is -3.51. The van der Waals surface area contributed by atoms with Crippen LogP contribution < -0.4 is 11.1 Å². The first kappa shape index (κ1) is 21.8. The molecule has 0 saturated carbocycles. The third-order valence-electron chi connectivity index (χ3n) is 3.90. The summed E-state index contributed by atoms with van der Waals surface area (Å²) in [5, 5.41) is 12.1. The lowest BCUT2D eigenvalue weighted by atomic mass is 10.1. The summed E-state index contributed by atoms with van der Waals surface area (Å²) in [5.41, 5.74) is 4.69. The van der Waals surface area contributed by atoms with Gasteiger partial charge in [0, 0.05) is 17.7 Å². The Morgan fingerprint density at radius 2 is 1.90 bits per heavy atom. The Labute approximate surface area is 165 Å². The van der Waals surface area contributed by atoms with Crippen molar-refractivity contribution >= 4 is 11.9 Å². The third-order valence-corrected chi connectivity index (χ3v) is 3.90. The van der Waals surface area contributed by atoms with Crippen molar-refractivity contribution in [3.63, 3.8) is 0 Å². The van der Waals surface area contributed by atoms with E-state index in [1.807, 2.05) is 0 Å². The molecule has 0 aliphatic heterocycles. The number of amides is 3. The summed E-state index contributed by atoms with van der Waals surface area (Å²) in [6, 6.07) is 9.15. The fourth-order valence-electron chi connectivity index (χ4n) is 2.41. The number of hydrogen-bond donors (Lipinski definition) is 3. The lowest BCUT2D eigenvalue weighted by molar-refractivity contribution is -0.138. The number of halogens is 3. The molecular formula is C20H18F3N3O3. The molecule has 0 unspecified atom stereocenters. The summed E-state index contributed by atoms with van der Waals surface area (Å²) in [5.74, 6) is 4.72. The van der Waals surface area contributed by atoms with E-state index in [1.165, 1.54) is 37.3 Å². The van der Waals surface area contributed by atoms with Gasteiger partial charge in [-0.05, 0) is 36.8 Å². The maximum Gasteiger partial charge on any atom is 0.416 e. The number of carbonyl (C=O) groups is 2. The van der Waals surface area contributed by atoms with Gasteiger partial charge in [-0.2, -0.15) is 18.2 Å². The molecule has 0 aromatic heterocycles. The van der Waals surface area contributed by atoms with Crippen LogP contribution in [-0.4, -0.2) is 28.3 Å². The van der Waals surface area contributed by atoms with Gasteiger partial charge in [0.1, 0.15) is 6.04 Å². The standard InChI is InChI=1S/C20H18F3N3O3/c1-13(26(29)19(24)28)9-10-14-5-4-7-15(11-14)18(27)25-12-16-6-2-3-8-17(16)20(21,22)23/h2-8,11,13,29H,12H2,1H3,(H2,24,28)(H,25,27)/t13-/m0/s1. The Balaban J connectivity index is 2.11. The van der Waals surface area contributed by atoms with Crippen molar-refractivity contribution < 1.29 is 28.0 Å². The molecule has 1 atom stereocenters. The number of nitrogens with zero attached hydrogens (tertiary/aromatic N) is 1. The molecule has 0 aliphatic carbocycles. The molecule has 2 aromatic carbocycles. The Morgan fingerprint density at radius 1 is 1.21 bits per heavy atom. The molecule has 152 valence electrons. The van der Waals surface area contributed by atoms with Gasteiger partial charge in [0.2, 0.25) is 0 Å². The minimum Gasteiger partial charge on any atom is -0.350 e. The number of benzene rings is 2. The van der Waals surface area contributed by atoms with E-state index < -0.39 is 29.7 Å². The van der Waals surface area contributed by atoms with Gasteiger partial charge >= 0.3 is 12.2 Å². The average Bonchev–Trinajstić information content (AvgIpc) is 2.69. The van der Waals surface area contributed by atoms with E-state index in [2.05, 4.69) is 17.2 Å². The second kappa shape index (κ2) is 9.12. The summed E-state index contributed by atoms with van der Waals surface area (Å²) in [6.07, 6.45) is -4.51. The Bertz CT molecular complexity index is 964. The van der Waals surface area contributed by atoms with Crippen LogP contribution >= 0.6 is 0 Å². The summed E-state index contributed by atoms with van der Waals surface area (Å²) < 4.78 is 39.1. The van der Waals surface area contributed by atoms with Crippen LogP contribution in [0.4, 0.5) is 18.0 Å². The number of hydrogen-bond acceptors (Lipinski definition) is 3. The molecular weight excluding hydrogens is 387 g/mol. The zero-order chi connectivity index (χ0) is 21.6. The van der Waals surface area contributed by atoms with Gasteiger partial charge in [-0.3, -0.25) is 10.0 Å². The van der Waals surface area contributed by atoms with E-state index in [0.29, 0.717) is 5.56 Å². The fourth-order valence-corrected chi connectivity index (χ4v) is 2.41. The Morgan fingerprint density at radius 3 is 2.55 bits per heavy atom. The van der Waals surface area contributed by atoms with E-state index in [1.54, 1.807) is 12.1 Å². The topological polar surface area (TPSA) is 95.7 Å². The molecule has 0 saturated heterocycles. The van der Waals surface area contributed by atoms with E-state index in [9.17, 15) is 28.0 Å². The molecule has 29 heavy (non-hydrogen) atoms. The highest BCUT2D eigenvalue weighted by atomic mass is 19.4. The highest BCUT2D eigenvalue weighted by Crippen LogP contribution is 2.31. The normalized spacial score (nSPS) is 11.8. The minimum atomic E-state index is -4.51. The van der Waals surface area contributed by atoms with Crippen molar-refractivity contribution in [2.24, 2.45) is 5.73 Å². The van der Waals surface area contributed by atoms with Crippen LogP contribution in [0.3, 0.4) is 0 Å². The number of urea groups is 1. The van der Waals surface area contributed by atoms with Crippen LogP contribution in [0.2, 0.25) is 0 Å². The minimum absolute atomic E-state index is 0.0485. The highest BCUT2D eigenvalue weighted by Gasteiger charge is 2.32. The molecule has 6 nitrogen and oxygen atoms in total. The van der Waals surface area contributed by atoms with Crippen LogP contribution in [0.1, 0.15) is 34.0 Å². The van der Waals surface area contributed by atoms with Crippen LogP contribution in [0, 0.1) is 11.8 Å². The molecule has 2 aromatic rings. The number of rotatable bonds is 4. The third kappa shape index (κ3) is 5.99. The van der Waals surface area contributed by atoms with Crippen molar-refractivity contribution in [3.05, 3.63) is 70.8 Å². The van der Waals surface area contributed by atoms with Crippen molar-refractivity contribution in [2.45, 2.75) is 25.7 Å². The fraction of sp³-hybridized carbons (Fsp3) is 0.200. The second-order valence-corrected chi connectivity index (χ2v) is 6.05. The summed E-state index contributed by atoms with van der Waals surface area (Å²) >= 11 is 0. The number of nitrogens with two attached hydrogens (primary N) is 1. The van der Waals surface area contributed by atoms with Gasteiger partial charge in [0.05, 0.1) is 5.56 Å². The average molecular weight is 405 g/mol. The van der Waals surface area contributed by atoms with Gasteiger partial charge in [0.15, 0.2) is 0 Å². The highest BCUT2D eigenvalue weighted by molar-refractivity contribution is 5.94. The van der Waals surface area contributed by atoms with Gasteiger partial charge in [-0.1, -0.05) is 36.1 Å². The number of primary amides is 1. The first-order valence-corrected chi connectivity index (χ1v) is 8.42. The van der Waals surface area contributed by atoms with Crippen molar-refractivity contribution in [2.75, 3.05) is 0 Å². The maximum atomic E-state index is 13.0. The van der Waals surface area contributed by atoms with Crippen LogP contribution in [-0.2, 0) is 12.7 Å². The largest absolute Gasteiger partial charge is 0.416 e. The SMILES string of the molecule is C[C@@H](C#Cc1cccc(C(=O)NCc2ccccc2C(F)(F)F)c1)N(O)C(N)=O. The molecule has 9 heteroatoms. The van der Waals surface area contributed by atoms with Crippen molar-refractivity contribution in [1.82, 2.24) is 10.4 Å². The van der Waals surface area contributed by atoms with Gasteiger partial charge in [0.25, 0.3) is 5.91 Å². The summed E-state index contributed by atoms with van der Waals surface area (Å²) in [6.45, 7) is 1.16. The number of alkyl halides is 3. The lowest BCUT2D eigenvalue weighted by Gasteiger charge is -2.14. The molecule has 0 spiro atoms. The molecule has 0 bridgehead atoms. The van der Waals surface area contributed by atoms with E-state index in [4.69, 9.17) is 5.73 Å². The predicted octanol–water partition coefficient (Wildman–Crippen LogP) is 3.15. The molecule has 3 amide bonds. The monoisotopic (exact) mass is 405 g/mol. The zero-order valence-corrected chi connectivity index (χ0v) is 15.3. The van der Waals surface area contributed by atoms with E-state index in [0.717, 1.165) is 6.07 Å². The van der Waals surface area contributed by atoms with E-state index >= 15 is 0 Å². The molecule has 0 heterocycles. The predicted molar refractivity (Wildman–Crippen MR) is 98.6 cm³/mol. The number of carbonyl (C=O) groups excluding carboxylic acids is 2. The van der Waals surface area contributed by atoms with Gasteiger partial charge < -0.3 is 11.1 Å². The zero-order valence-electron chi connectivity index (χ0n) is 15.3. The van der Waals surface area contributed by atoms with Crippen molar-refractivity contribution in [3.8, 4) is 11.8 Å². The lowest BCUT2D eigenvalue weighted by Crippen LogP contribution is -2.38. The molecule has 4 N–H and O–H groups in total. The molecule has 0 fully saturated rings. The number of hydroxylamine groups is 2. The van der Waals surface area contributed by atoms with Crippen molar-refractivity contribution in [1.29, 1.82) is 0 Å². The van der Waals surface area contributed by atoms with Crippen LogP contribution in [0.5, 0.6) is 0 Å². The summed E-state index contributed by atoms with van der Waals surface area (Å²) in [4.78, 5) is 23.2. The first-order valence-electron chi connectivity index (χ1n) is 8.42. The smallest absolute Gasteiger partial charge is 0.350 e. The van der Waals surface area contributed by atoms with Crippen LogP contribution in [0.25, 0.3) is 0 Å².